The molecule has 0 aliphatic rings. The van der Waals surface area contributed by atoms with Crippen molar-refractivity contribution in [1.82, 2.24) is 34.4 Å². The lowest BCUT2D eigenvalue weighted by molar-refractivity contribution is -0.141. The zero-order valence-electron chi connectivity index (χ0n) is 19.8. The molecule has 4 heterocycles. The largest absolute Gasteiger partial charge is 0.433 e. The van der Waals surface area contributed by atoms with Crippen molar-refractivity contribution in [2.75, 3.05) is 5.32 Å². The minimum absolute atomic E-state index is 0.0156. The number of hydrogen-bond acceptors (Lipinski definition) is 6. The maximum Gasteiger partial charge on any atom is 0.433 e. The third-order valence-corrected chi connectivity index (χ3v) is 5.60. The van der Waals surface area contributed by atoms with Crippen molar-refractivity contribution >= 4 is 23.4 Å². The van der Waals surface area contributed by atoms with Crippen molar-refractivity contribution in [1.29, 1.82) is 0 Å². The number of hydrogen-bond donors (Lipinski definition) is 2. The smallest absolute Gasteiger partial charge is 0.348 e. The Hall–Kier alpha value is -5.07. The van der Waals surface area contributed by atoms with Gasteiger partial charge in [-0.2, -0.15) is 23.3 Å². The third kappa shape index (κ3) is 5.07. The average molecular weight is 520 g/mol. The molecule has 0 unspecified atom stereocenters. The van der Waals surface area contributed by atoms with Crippen LogP contribution >= 0.6 is 0 Å². The van der Waals surface area contributed by atoms with Gasteiger partial charge >= 0.3 is 6.18 Å². The number of aryl methyl sites for hydroxylation is 1. The number of amides is 2. The number of carbonyl (C=O) groups excluding carboxylic acids is 2. The van der Waals surface area contributed by atoms with Gasteiger partial charge in [0.05, 0.1) is 17.5 Å². The van der Waals surface area contributed by atoms with Crippen LogP contribution in [-0.4, -0.2) is 40.9 Å². The number of rotatable bonds is 6. The topological polar surface area (TPSA) is 119 Å². The lowest BCUT2D eigenvalue weighted by Crippen LogP contribution is -2.27. The molecular weight excluding hydrogens is 501 g/mol. The number of imidazole rings is 1. The van der Waals surface area contributed by atoms with E-state index in [1.54, 1.807) is 16.7 Å². The Bertz CT molecular complexity index is 1630. The van der Waals surface area contributed by atoms with E-state index in [-0.39, 0.29) is 23.6 Å². The van der Waals surface area contributed by atoms with E-state index in [0.717, 1.165) is 23.5 Å². The molecule has 2 amide bonds. The SMILES string of the molecule is Cn1ncc(C(=O)NCc2ccc(C(F)(F)F)nc2)c1C(=O)Nc1ccn2cc(-c3ccccc3)nc2n1. The zero-order chi connectivity index (χ0) is 26.9. The van der Waals surface area contributed by atoms with Crippen LogP contribution in [0.25, 0.3) is 17.0 Å². The lowest BCUT2D eigenvalue weighted by Gasteiger charge is -2.09. The third-order valence-electron chi connectivity index (χ3n) is 5.60. The van der Waals surface area contributed by atoms with E-state index in [2.05, 4.69) is 30.7 Å². The molecule has 5 rings (SSSR count). The first-order valence-corrected chi connectivity index (χ1v) is 11.2. The molecule has 192 valence electrons. The Labute approximate surface area is 213 Å². The molecule has 0 fully saturated rings. The van der Waals surface area contributed by atoms with Crippen LogP contribution in [0.15, 0.2) is 73.3 Å². The zero-order valence-corrected chi connectivity index (χ0v) is 19.8. The number of pyridine rings is 1. The summed E-state index contributed by atoms with van der Waals surface area (Å²) in [5, 5.41) is 9.22. The number of nitrogens with zero attached hydrogens (tertiary/aromatic N) is 6. The van der Waals surface area contributed by atoms with Gasteiger partial charge in [-0.15, -0.1) is 0 Å². The summed E-state index contributed by atoms with van der Waals surface area (Å²) in [6, 6.07) is 13.2. The average Bonchev–Trinajstić information content (AvgIpc) is 3.51. The Morgan fingerprint density at radius 1 is 0.974 bits per heavy atom. The number of halogens is 3. The molecule has 0 saturated carbocycles. The van der Waals surface area contributed by atoms with Crippen LogP contribution in [0.4, 0.5) is 19.0 Å². The standard InChI is InChI=1S/C25H19F3N8O2/c1-35-21(17(13-31-35)22(37)30-12-15-7-8-19(29-11-15)25(26,27)28)23(38)33-20-9-10-36-14-18(32-24(36)34-20)16-5-3-2-4-6-16/h2-11,13-14H,12H2,1H3,(H,30,37)(H,32,33,34,38). The van der Waals surface area contributed by atoms with Gasteiger partial charge in [0.1, 0.15) is 17.2 Å². The highest BCUT2D eigenvalue weighted by molar-refractivity contribution is 6.10. The summed E-state index contributed by atoms with van der Waals surface area (Å²) in [6.07, 6.45) is 1.22. The molecule has 0 spiro atoms. The highest BCUT2D eigenvalue weighted by atomic mass is 19.4. The summed E-state index contributed by atoms with van der Waals surface area (Å²) in [5.41, 5.74) is 0.920. The van der Waals surface area contributed by atoms with Gasteiger partial charge in [0.15, 0.2) is 0 Å². The number of aromatic nitrogens is 6. The molecular formula is C25H19F3N8O2. The number of nitrogens with one attached hydrogen (secondary N) is 2. The first kappa shape index (κ1) is 24.6. The molecule has 0 saturated heterocycles. The summed E-state index contributed by atoms with van der Waals surface area (Å²) in [4.78, 5) is 38.1. The first-order chi connectivity index (χ1) is 18.2. The van der Waals surface area contributed by atoms with Gasteiger partial charge < -0.3 is 10.6 Å². The molecule has 0 atom stereocenters. The predicted octanol–water partition coefficient (Wildman–Crippen LogP) is 3.73. The van der Waals surface area contributed by atoms with Crippen LogP contribution in [0.2, 0.25) is 0 Å². The lowest BCUT2D eigenvalue weighted by atomic mass is 10.2. The summed E-state index contributed by atoms with van der Waals surface area (Å²) in [7, 11) is 1.50. The van der Waals surface area contributed by atoms with Crippen molar-refractivity contribution in [3.8, 4) is 11.3 Å². The minimum Gasteiger partial charge on any atom is -0.348 e. The van der Waals surface area contributed by atoms with Crippen molar-refractivity contribution < 1.29 is 22.8 Å². The molecule has 0 aliphatic heterocycles. The summed E-state index contributed by atoms with van der Waals surface area (Å²) < 4.78 is 41.0. The second-order valence-electron chi connectivity index (χ2n) is 8.23. The van der Waals surface area contributed by atoms with Gasteiger partial charge in [-0.05, 0) is 17.7 Å². The molecule has 38 heavy (non-hydrogen) atoms. The molecule has 0 bridgehead atoms. The summed E-state index contributed by atoms with van der Waals surface area (Å²) in [5.74, 6) is -0.670. The van der Waals surface area contributed by atoms with E-state index in [4.69, 9.17) is 0 Å². The summed E-state index contributed by atoms with van der Waals surface area (Å²) >= 11 is 0. The fourth-order valence-corrected chi connectivity index (χ4v) is 3.71. The molecule has 2 N–H and O–H groups in total. The van der Waals surface area contributed by atoms with E-state index < -0.39 is 23.7 Å². The highest BCUT2D eigenvalue weighted by Gasteiger charge is 2.32. The Balaban J connectivity index is 1.29. The van der Waals surface area contributed by atoms with Gasteiger partial charge in [0.25, 0.3) is 11.8 Å². The van der Waals surface area contributed by atoms with Gasteiger partial charge in [-0.3, -0.25) is 23.7 Å². The van der Waals surface area contributed by atoms with E-state index in [1.165, 1.54) is 24.0 Å². The molecule has 10 nitrogen and oxygen atoms in total. The molecule has 0 radical (unpaired) electrons. The van der Waals surface area contributed by atoms with Crippen molar-refractivity contribution in [2.45, 2.75) is 12.7 Å². The number of fused-ring (bicyclic) bond motifs is 1. The van der Waals surface area contributed by atoms with Gasteiger partial charge in [0.2, 0.25) is 5.78 Å². The number of alkyl halides is 3. The quantitative estimate of drug-likeness (QED) is 0.352. The molecule has 0 aliphatic carbocycles. The van der Waals surface area contributed by atoms with Crippen LogP contribution in [0.1, 0.15) is 32.1 Å². The maximum absolute atomic E-state index is 13.1. The second-order valence-corrected chi connectivity index (χ2v) is 8.23. The first-order valence-electron chi connectivity index (χ1n) is 11.2. The van der Waals surface area contributed by atoms with E-state index in [0.29, 0.717) is 11.3 Å². The molecule has 13 heteroatoms. The second kappa shape index (κ2) is 9.76. The maximum atomic E-state index is 13.1. The van der Waals surface area contributed by atoms with Crippen molar-refractivity contribution in [2.24, 2.45) is 7.05 Å². The van der Waals surface area contributed by atoms with E-state index >= 15 is 0 Å². The number of anilines is 1. The molecule has 5 aromatic rings. The predicted molar refractivity (Wildman–Crippen MR) is 130 cm³/mol. The van der Waals surface area contributed by atoms with Crippen LogP contribution in [0, 0.1) is 0 Å². The minimum atomic E-state index is -4.55. The van der Waals surface area contributed by atoms with Gasteiger partial charge in [-0.1, -0.05) is 36.4 Å². The fraction of sp³-hybridized carbons (Fsp3) is 0.120. The molecule has 4 aromatic heterocycles. The summed E-state index contributed by atoms with van der Waals surface area (Å²) in [6.45, 7) is -0.0955. The highest BCUT2D eigenvalue weighted by Crippen LogP contribution is 2.27. The van der Waals surface area contributed by atoms with E-state index in [1.807, 2.05) is 36.5 Å². The van der Waals surface area contributed by atoms with Crippen LogP contribution in [0.3, 0.4) is 0 Å². The normalized spacial score (nSPS) is 11.5. The molecule has 1 aromatic carbocycles. The van der Waals surface area contributed by atoms with Crippen molar-refractivity contribution in [3.05, 3.63) is 95.8 Å². The number of carbonyl (C=O) groups is 2. The van der Waals surface area contributed by atoms with Gasteiger partial charge in [-0.25, -0.2) is 4.98 Å². The van der Waals surface area contributed by atoms with Crippen LogP contribution < -0.4 is 10.6 Å². The van der Waals surface area contributed by atoms with Crippen LogP contribution in [-0.2, 0) is 19.8 Å². The van der Waals surface area contributed by atoms with Crippen molar-refractivity contribution in [3.63, 3.8) is 0 Å². The fourth-order valence-electron chi connectivity index (χ4n) is 3.71. The Morgan fingerprint density at radius 3 is 2.47 bits per heavy atom. The van der Waals surface area contributed by atoms with E-state index in [9.17, 15) is 22.8 Å². The van der Waals surface area contributed by atoms with Crippen LogP contribution in [0.5, 0.6) is 0 Å². The van der Waals surface area contributed by atoms with Gasteiger partial charge in [0, 0.05) is 37.7 Å². The number of benzene rings is 1. The Kier molecular flexibility index (Phi) is 6.33. The monoisotopic (exact) mass is 520 g/mol. The Morgan fingerprint density at radius 2 is 1.76 bits per heavy atom.